The van der Waals surface area contributed by atoms with Gasteiger partial charge in [0.1, 0.15) is 0 Å². The summed E-state index contributed by atoms with van der Waals surface area (Å²) in [5.74, 6) is 2.82. The molecule has 1 aromatic rings. The zero-order valence-corrected chi connectivity index (χ0v) is 13.8. The molecule has 1 aromatic carbocycles. The van der Waals surface area contributed by atoms with Crippen molar-refractivity contribution in [1.29, 1.82) is 0 Å². The first-order chi connectivity index (χ1) is 9.72. The van der Waals surface area contributed by atoms with Crippen molar-refractivity contribution in [2.45, 2.75) is 57.0 Å². The van der Waals surface area contributed by atoms with Crippen molar-refractivity contribution in [3.8, 4) is 0 Å². The molecule has 112 valence electrons. The van der Waals surface area contributed by atoms with Crippen LogP contribution in [-0.2, 0) is 5.75 Å². The van der Waals surface area contributed by atoms with Gasteiger partial charge in [-0.1, -0.05) is 56.0 Å². The highest BCUT2D eigenvalue weighted by Crippen LogP contribution is 2.39. The smallest absolute Gasteiger partial charge is 0.0187 e. The summed E-state index contributed by atoms with van der Waals surface area (Å²) in [6, 6.07) is 8.92. The quantitative estimate of drug-likeness (QED) is 0.817. The van der Waals surface area contributed by atoms with Gasteiger partial charge in [-0.05, 0) is 43.7 Å². The topological polar surface area (TPSA) is 26.0 Å². The van der Waals surface area contributed by atoms with Crippen LogP contribution in [0.3, 0.4) is 0 Å². The second-order valence-electron chi connectivity index (χ2n) is 6.30. The number of rotatable bonds is 6. The molecular formula is C18H29NS. The predicted octanol–water partition coefficient (Wildman–Crippen LogP) is 4.77. The van der Waals surface area contributed by atoms with Gasteiger partial charge in [0.15, 0.2) is 0 Å². The van der Waals surface area contributed by atoms with Gasteiger partial charge in [-0.3, -0.25) is 0 Å². The van der Waals surface area contributed by atoms with E-state index in [9.17, 15) is 0 Å². The standard InChI is InChI=1S/C18H29NS/c1-3-5-15-8-9-17(12-19)18(11-15)20-13-16-7-4-6-14(2)10-16/h4,6-7,10,15,17-18H,3,5,8-9,11-13,19H2,1-2H3. The van der Waals surface area contributed by atoms with Gasteiger partial charge < -0.3 is 5.73 Å². The largest absolute Gasteiger partial charge is 0.330 e. The molecule has 0 bridgehead atoms. The number of hydrogen-bond acceptors (Lipinski definition) is 2. The van der Waals surface area contributed by atoms with E-state index in [0.29, 0.717) is 0 Å². The van der Waals surface area contributed by atoms with Crippen LogP contribution in [0.25, 0.3) is 0 Å². The van der Waals surface area contributed by atoms with Crippen LogP contribution in [0.1, 0.15) is 50.2 Å². The summed E-state index contributed by atoms with van der Waals surface area (Å²) in [5, 5.41) is 0.769. The molecule has 20 heavy (non-hydrogen) atoms. The molecule has 3 unspecified atom stereocenters. The number of benzene rings is 1. The zero-order valence-electron chi connectivity index (χ0n) is 13.0. The van der Waals surface area contributed by atoms with E-state index in [1.54, 1.807) is 0 Å². The Hall–Kier alpha value is -0.470. The Labute approximate surface area is 128 Å². The Bertz CT molecular complexity index is 404. The van der Waals surface area contributed by atoms with Gasteiger partial charge in [0.05, 0.1) is 0 Å². The summed E-state index contributed by atoms with van der Waals surface area (Å²) >= 11 is 2.14. The maximum Gasteiger partial charge on any atom is 0.0187 e. The Balaban J connectivity index is 1.90. The normalized spacial score (nSPS) is 26.6. The lowest BCUT2D eigenvalue weighted by Crippen LogP contribution is -2.32. The summed E-state index contributed by atoms with van der Waals surface area (Å²) < 4.78 is 0. The molecule has 2 rings (SSSR count). The molecule has 1 fully saturated rings. The van der Waals surface area contributed by atoms with Crippen molar-refractivity contribution in [2.24, 2.45) is 17.6 Å². The number of thioether (sulfide) groups is 1. The lowest BCUT2D eigenvalue weighted by atomic mass is 9.80. The number of aryl methyl sites for hydroxylation is 1. The summed E-state index contributed by atoms with van der Waals surface area (Å²) in [4.78, 5) is 0. The highest BCUT2D eigenvalue weighted by atomic mass is 32.2. The highest BCUT2D eigenvalue weighted by molar-refractivity contribution is 7.99. The molecular weight excluding hydrogens is 262 g/mol. The Morgan fingerprint density at radius 2 is 2.15 bits per heavy atom. The number of nitrogens with two attached hydrogens (primary N) is 1. The minimum Gasteiger partial charge on any atom is -0.330 e. The molecule has 3 atom stereocenters. The average Bonchev–Trinajstić information content (AvgIpc) is 2.46. The van der Waals surface area contributed by atoms with Crippen LogP contribution in [0.15, 0.2) is 24.3 Å². The molecule has 0 saturated heterocycles. The van der Waals surface area contributed by atoms with Crippen LogP contribution in [0.5, 0.6) is 0 Å². The van der Waals surface area contributed by atoms with E-state index in [2.05, 4.69) is 49.9 Å². The fourth-order valence-corrected chi connectivity index (χ4v) is 4.94. The van der Waals surface area contributed by atoms with Crippen molar-refractivity contribution in [3.05, 3.63) is 35.4 Å². The molecule has 0 radical (unpaired) electrons. The summed E-state index contributed by atoms with van der Waals surface area (Å²) in [6.07, 6.45) is 6.85. The van der Waals surface area contributed by atoms with Crippen LogP contribution in [0.2, 0.25) is 0 Å². The van der Waals surface area contributed by atoms with E-state index in [1.807, 2.05) is 0 Å². The third-order valence-corrected chi connectivity index (χ3v) is 6.09. The molecule has 0 heterocycles. The fraction of sp³-hybridized carbons (Fsp3) is 0.667. The Kier molecular flexibility index (Phi) is 6.44. The first-order valence-electron chi connectivity index (χ1n) is 8.10. The molecule has 1 aliphatic carbocycles. The van der Waals surface area contributed by atoms with Gasteiger partial charge in [0.25, 0.3) is 0 Å². The summed E-state index contributed by atoms with van der Waals surface area (Å²) in [7, 11) is 0. The van der Waals surface area contributed by atoms with Crippen molar-refractivity contribution < 1.29 is 0 Å². The third kappa shape index (κ3) is 4.53. The monoisotopic (exact) mass is 291 g/mol. The first-order valence-corrected chi connectivity index (χ1v) is 9.15. The Morgan fingerprint density at radius 3 is 2.85 bits per heavy atom. The van der Waals surface area contributed by atoms with Gasteiger partial charge in [0.2, 0.25) is 0 Å². The summed E-state index contributed by atoms with van der Waals surface area (Å²) in [6.45, 7) is 5.35. The molecule has 2 N–H and O–H groups in total. The van der Waals surface area contributed by atoms with Gasteiger partial charge in [-0.25, -0.2) is 0 Å². The van der Waals surface area contributed by atoms with Crippen molar-refractivity contribution in [3.63, 3.8) is 0 Å². The predicted molar refractivity (Wildman–Crippen MR) is 91.1 cm³/mol. The zero-order chi connectivity index (χ0) is 14.4. The number of hydrogen-bond donors (Lipinski definition) is 1. The van der Waals surface area contributed by atoms with Crippen LogP contribution >= 0.6 is 11.8 Å². The van der Waals surface area contributed by atoms with E-state index < -0.39 is 0 Å². The third-order valence-electron chi connectivity index (χ3n) is 4.58. The van der Waals surface area contributed by atoms with Crippen molar-refractivity contribution in [2.75, 3.05) is 6.54 Å². The maximum atomic E-state index is 5.99. The van der Waals surface area contributed by atoms with Crippen LogP contribution in [-0.4, -0.2) is 11.8 Å². The molecule has 0 aromatic heterocycles. The van der Waals surface area contributed by atoms with Crippen LogP contribution < -0.4 is 5.73 Å². The first kappa shape index (κ1) is 15.9. The minimum absolute atomic E-state index is 0.734. The van der Waals surface area contributed by atoms with Gasteiger partial charge in [0, 0.05) is 11.0 Å². The van der Waals surface area contributed by atoms with Crippen LogP contribution in [0, 0.1) is 18.8 Å². The minimum atomic E-state index is 0.734. The van der Waals surface area contributed by atoms with Crippen LogP contribution in [0.4, 0.5) is 0 Å². The van der Waals surface area contributed by atoms with E-state index in [-0.39, 0.29) is 0 Å². The lowest BCUT2D eigenvalue weighted by molar-refractivity contribution is 0.276. The summed E-state index contributed by atoms with van der Waals surface area (Å²) in [5.41, 5.74) is 8.82. The lowest BCUT2D eigenvalue weighted by Gasteiger charge is -2.35. The van der Waals surface area contributed by atoms with E-state index in [4.69, 9.17) is 5.73 Å². The molecule has 1 aliphatic rings. The van der Waals surface area contributed by atoms with Gasteiger partial charge in [-0.2, -0.15) is 11.8 Å². The van der Waals surface area contributed by atoms with Gasteiger partial charge >= 0.3 is 0 Å². The van der Waals surface area contributed by atoms with Crippen molar-refractivity contribution in [1.82, 2.24) is 0 Å². The average molecular weight is 292 g/mol. The van der Waals surface area contributed by atoms with E-state index >= 15 is 0 Å². The molecule has 1 saturated carbocycles. The van der Waals surface area contributed by atoms with Gasteiger partial charge in [-0.15, -0.1) is 0 Å². The molecule has 1 nitrogen and oxygen atoms in total. The Morgan fingerprint density at radius 1 is 1.30 bits per heavy atom. The van der Waals surface area contributed by atoms with E-state index in [1.165, 1.54) is 43.2 Å². The maximum absolute atomic E-state index is 5.99. The highest BCUT2D eigenvalue weighted by Gasteiger charge is 2.29. The van der Waals surface area contributed by atoms with Crippen molar-refractivity contribution >= 4 is 11.8 Å². The van der Waals surface area contributed by atoms with E-state index in [0.717, 1.165) is 29.4 Å². The molecule has 0 aliphatic heterocycles. The molecule has 0 amide bonds. The molecule has 2 heteroatoms. The fourth-order valence-electron chi connectivity index (χ4n) is 3.42. The molecule has 0 spiro atoms. The second-order valence-corrected chi connectivity index (χ2v) is 7.53. The SMILES string of the molecule is CCCC1CCC(CN)C(SCc2cccc(C)c2)C1. The second kappa shape index (κ2) is 8.09.